The predicted octanol–water partition coefficient (Wildman–Crippen LogP) is 5.26. The lowest BCUT2D eigenvalue weighted by Gasteiger charge is -2.32. The molecule has 3 fully saturated rings. The minimum atomic E-state index is -4.64. The first kappa shape index (κ1) is 28.0. The number of pyridine rings is 1. The van der Waals surface area contributed by atoms with E-state index in [-0.39, 0.29) is 29.6 Å². The van der Waals surface area contributed by atoms with Crippen LogP contribution in [0.15, 0.2) is 73.3 Å². The van der Waals surface area contributed by atoms with E-state index in [2.05, 4.69) is 21.5 Å². The molecule has 2 amide bonds. The Morgan fingerprint density at radius 1 is 1.02 bits per heavy atom. The number of fused-ring (bicyclic) bond motifs is 6. The van der Waals surface area contributed by atoms with Gasteiger partial charge < -0.3 is 10.2 Å². The Morgan fingerprint density at radius 2 is 1.80 bits per heavy atom. The molecule has 1 N–H and O–H groups in total. The lowest BCUT2D eigenvalue weighted by Crippen LogP contribution is -2.51. The summed E-state index contributed by atoms with van der Waals surface area (Å²) in [5.41, 5.74) is -0.664. The summed E-state index contributed by atoms with van der Waals surface area (Å²) in [6.07, 6.45) is 0.817. The third-order valence-electron chi connectivity index (χ3n) is 9.51. The van der Waals surface area contributed by atoms with Crippen molar-refractivity contribution in [3.8, 4) is 11.8 Å². The van der Waals surface area contributed by atoms with Gasteiger partial charge in [-0.2, -0.15) is 23.5 Å². The second-order valence-corrected chi connectivity index (χ2v) is 11.8. The van der Waals surface area contributed by atoms with Gasteiger partial charge in [0.2, 0.25) is 5.91 Å². The maximum absolute atomic E-state index is 15.0. The molecule has 7 rings (SSSR count). The van der Waals surface area contributed by atoms with E-state index in [1.54, 1.807) is 6.20 Å². The second-order valence-electron chi connectivity index (χ2n) is 11.8. The van der Waals surface area contributed by atoms with Crippen molar-refractivity contribution < 1.29 is 27.2 Å². The molecule has 2 saturated carbocycles. The summed E-state index contributed by atoms with van der Waals surface area (Å²) in [7, 11) is 0. The normalized spacial score (nSPS) is 26.4. The number of hydrogen-bond donors (Lipinski definition) is 1. The summed E-state index contributed by atoms with van der Waals surface area (Å²) < 4.78 is 57.0. The topological polar surface area (TPSA) is 104 Å². The van der Waals surface area contributed by atoms with Gasteiger partial charge in [0.1, 0.15) is 18.3 Å². The Labute approximate surface area is 249 Å². The van der Waals surface area contributed by atoms with Crippen molar-refractivity contribution in [2.24, 2.45) is 23.7 Å². The number of nitrogens with one attached hydrogen (secondary N) is 1. The van der Waals surface area contributed by atoms with E-state index in [1.807, 2.05) is 24.3 Å². The molecule has 3 aliphatic rings. The summed E-state index contributed by atoms with van der Waals surface area (Å²) in [6.45, 7) is 0.201. The van der Waals surface area contributed by atoms with Gasteiger partial charge in [0.15, 0.2) is 0 Å². The highest BCUT2D eigenvalue weighted by Gasteiger charge is 2.62. The highest BCUT2D eigenvalue weighted by Crippen LogP contribution is 2.58. The van der Waals surface area contributed by atoms with Crippen LogP contribution in [0.25, 0.3) is 16.5 Å². The van der Waals surface area contributed by atoms with Crippen LogP contribution in [-0.2, 0) is 11.0 Å². The van der Waals surface area contributed by atoms with E-state index in [1.165, 1.54) is 41.7 Å². The number of nitrogens with zero attached hydrogens (tertiary/aromatic N) is 5. The fourth-order valence-electron chi connectivity index (χ4n) is 7.67. The number of carbonyl (C=O) groups excluding carboxylic acids is 2. The van der Waals surface area contributed by atoms with Gasteiger partial charge in [0.05, 0.1) is 29.1 Å². The lowest BCUT2D eigenvalue weighted by molar-refractivity contribution is -0.137. The summed E-state index contributed by atoms with van der Waals surface area (Å²) >= 11 is 0. The zero-order chi connectivity index (χ0) is 30.7. The smallest absolute Gasteiger partial charge is 0.335 e. The molecule has 0 radical (unpaired) electrons. The number of hydrogen-bond acceptors (Lipinski definition) is 5. The van der Waals surface area contributed by atoms with Crippen LogP contribution in [0.1, 0.15) is 40.4 Å². The maximum Gasteiger partial charge on any atom is 0.418 e. The number of alkyl halides is 4. The van der Waals surface area contributed by atoms with Gasteiger partial charge in [-0.15, -0.1) is 0 Å². The van der Waals surface area contributed by atoms with Crippen LogP contribution in [0.3, 0.4) is 0 Å². The standard InChI is InChI=1S/C32H26F4N6O2/c33-25-10-18-9-21(25)28-23(18)16-41(31(44)19-13-39-42(15-19)27-8-4-3-7-24(27)32(34,35)36)29(28)30(43)40-26(11-37)22-14-38-12-17-5-1-2-6-20(17)22/h1-8,12-15,18,21,23,25-26,28-29H,9-10,16H2,(H,40,43)/t18-,21+,23+,25+,26+,28-,29-/m0/s1. The zero-order valence-electron chi connectivity index (χ0n) is 23.2. The summed E-state index contributed by atoms with van der Waals surface area (Å²) in [6, 6.07) is 12.2. The van der Waals surface area contributed by atoms with E-state index in [9.17, 15) is 28.0 Å². The number of rotatable bonds is 5. The van der Waals surface area contributed by atoms with Crippen LogP contribution in [0.2, 0.25) is 0 Å². The Bertz CT molecular complexity index is 1810. The summed E-state index contributed by atoms with van der Waals surface area (Å²) in [4.78, 5) is 33.6. The van der Waals surface area contributed by atoms with Crippen molar-refractivity contribution in [1.29, 1.82) is 5.26 Å². The zero-order valence-corrected chi connectivity index (χ0v) is 23.2. The Kier molecular flexibility index (Phi) is 6.64. The number of benzene rings is 2. The number of para-hydroxylation sites is 1. The van der Waals surface area contributed by atoms with Crippen molar-refractivity contribution in [1.82, 2.24) is 25.0 Å². The second kappa shape index (κ2) is 10.4. The molecule has 0 spiro atoms. The van der Waals surface area contributed by atoms with Gasteiger partial charge in [-0.3, -0.25) is 14.6 Å². The first-order valence-corrected chi connectivity index (χ1v) is 14.3. The van der Waals surface area contributed by atoms with Gasteiger partial charge in [0.25, 0.3) is 5.91 Å². The number of amides is 2. The number of carbonyl (C=O) groups is 2. The molecule has 1 aliphatic heterocycles. The molecule has 44 heavy (non-hydrogen) atoms. The maximum atomic E-state index is 15.0. The molecular formula is C32H26F4N6O2. The van der Waals surface area contributed by atoms with Crippen LogP contribution >= 0.6 is 0 Å². The van der Waals surface area contributed by atoms with Gasteiger partial charge in [-0.25, -0.2) is 9.07 Å². The third kappa shape index (κ3) is 4.49. The molecule has 224 valence electrons. The number of aromatic nitrogens is 3. The molecular weight excluding hydrogens is 576 g/mol. The van der Waals surface area contributed by atoms with E-state index in [0.29, 0.717) is 18.4 Å². The van der Waals surface area contributed by atoms with Gasteiger partial charge in [0, 0.05) is 36.1 Å². The average Bonchev–Trinajstić information content (AvgIpc) is 3.80. The molecule has 12 heteroatoms. The van der Waals surface area contributed by atoms with Gasteiger partial charge in [-0.05, 0) is 54.0 Å². The largest absolute Gasteiger partial charge is 0.418 e. The molecule has 2 aromatic carbocycles. The first-order chi connectivity index (χ1) is 21.2. The third-order valence-corrected chi connectivity index (χ3v) is 9.51. The molecule has 2 bridgehead atoms. The van der Waals surface area contributed by atoms with E-state index in [0.717, 1.165) is 21.5 Å². The van der Waals surface area contributed by atoms with Crippen molar-refractivity contribution in [3.63, 3.8) is 0 Å². The highest BCUT2D eigenvalue weighted by molar-refractivity contribution is 5.98. The van der Waals surface area contributed by atoms with Crippen molar-refractivity contribution >= 4 is 22.6 Å². The Morgan fingerprint density at radius 3 is 2.59 bits per heavy atom. The average molecular weight is 603 g/mol. The summed E-state index contributed by atoms with van der Waals surface area (Å²) in [5, 5.41) is 18.4. The lowest BCUT2D eigenvalue weighted by atomic mass is 9.77. The molecule has 8 nitrogen and oxygen atoms in total. The molecule has 3 heterocycles. The molecule has 2 aromatic heterocycles. The van der Waals surface area contributed by atoms with Crippen molar-refractivity contribution in [3.05, 3.63) is 90.0 Å². The fourth-order valence-corrected chi connectivity index (χ4v) is 7.67. The number of nitriles is 1. The fraction of sp³-hybridized carbons (Fsp3) is 0.344. The van der Waals surface area contributed by atoms with Gasteiger partial charge >= 0.3 is 6.18 Å². The number of halogens is 4. The minimum Gasteiger partial charge on any atom is -0.335 e. The van der Waals surface area contributed by atoms with E-state index < -0.39 is 53.6 Å². The van der Waals surface area contributed by atoms with E-state index in [4.69, 9.17) is 0 Å². The van der Waals surface area contributed by atoms with E-state index >= 15 is 4.39 Å². The highest BCUT2D eigenvalue weighted by atomic mass is 19.4. The molecule has 0 unspecified atom stereocenters. The van der Waals surface area contributed by atoms with Crippen LogP contribution in [0.4, 0.5) is 17.6 Å². The summed E-state index contributed by atoms with van der Waals surface area (Å²) in [5.74, 6) is -2.11. The first-order valence-electron chi connectivity index (χ1n) is 14.3. The van der Waals surface area contributed by atoms with Crippen LogP contribution in [0.5, 0.6) is 0 Å². The molecule has 7 atom stereocenters. The monoisotopic (exact) mass is 602 g/mol. The van der Waals surface area contributed by atoms with Crippen LogP contribution in [0, 0.1) is 35.0 Å². The van der Waals surface area contributed by atoms with Crippen LogP contribution < -0.4 is 5.32 Å². The predicted molar refractivity (Wildman–Crippen MR) is 150 cm³/mol. The Hall–Kier alpha value is -4.79. The molecule has 4 aromatic rings. The minimum absolute atomic E-state index is 0.000942. The quantitative estimate of drug-likeness (QED) is 0.314. The molecule has 1 saturated heterocycles. The van der Waals surface area contributed by atoms with Gasteiger partial charge in [-0.1, -0.05) is 36.4 Å². The number of likely N-dealkylation sites (tertiary alicyclic amines) is 1. The van der Waals surface area contributed by atoms with Crippen molar-refractivity contribution in [2.75, 3.05) is 6.54 Å². The Balaban J connectivity index is 1.21. The van der Waals surface area contributed by atoms with Crippen LogP contribution in [-0.4, -0.2) is 50.2 Å². The molecule has 2 aliphatic carbocycles. The van der Waals surface area contributed by atoms with Crippen molar-refractivity contribution in [2.45, 2.75) is 37.3 Å². The SMILES string of the molecule is N#C[C@@H](NC(=O)[C@@H]1[C@@H]2[C@H](CN1C(=O)c1cnn(-c3ccccc3C(F)(F)F)c1)[C@H]1C[C@@H]2[C@H](F)C1)c1cncc2ccccc12.